The van der Waals surface area contributed by atoms with E-state index in [1.54, 1.807) is 0 Å². The number of nitrogens with one attached hydrogen (secondary N) is 1. The normalized spacial score (nSPS) is 15.5. The predicted molar refractivity (Wildman–Crippen MR) is 90.4 cm³/mol. The molecule has 0 saturated carbocycles. The quantitative estimate of drug-likeness (QED) is 0.873. The Hall–Kier alpha value is -1.43. The van der Waals surface area contributed by atoms with E-state index in [0.29, 0.717) is 0 Å². The lowest BCUT2D eigenvalue weighted by atomic mass is 10.1. The van der Waals surface area contributed by atoms with E-state index in [9.17, 15) is 0 Å². The predicted octanol–water partition coefficient (Wildman–Crippen LogP) is 1.39. The fraction of sp³-hybridized carbons (Fsp3) is 0.500. The van der Waals surface area contributed by atoms with E-state index in [4.69, 9.17) is 0 Å². The van der Waals surface area contributed by atoms with Gasteiger partial charge in [-0.25, -0.2) is 0 Å². The maximum atomic E-state index is 4.28. The molecular weight excluding hydrogens is 298 g/mol. The van der Waals surface area contributed by atoms with Gasteiger partial charge in [0, 0.05) is 38.9 Å². The van der Waals surface area contributed by atoms with E-state index in [-0.39, 0.29) is 12.4 Å². The van der Waals surface area contributed by atoms with Gasteiger partial charge in [0.1, 0.15) is 0 Å². The minimum absolute atomic E-state index is 0. The van der Waals surface area contributed by atoms with Crippen molar-refractivity contribution in [1.29, 1.82) is 0 Å². The fourth-order valence-electron chi connectivity index (χ4n) is 2.66. The summed E-state index contributed by atoms with van der Waals surface area (Å²) >= 11 is 0. The number of aryl methyl sites for hydroxylation is 2. The van der Waals surface area contributed by atoms with Gasteiger partial charge in [0.15, 0.2) is 0 Å². The molecule has 2 heterocycles. The minimum Gasteiger partial charge on any atom is -0.314 e. The van der Waals surface area contributed by atoms with E-state index in [1.807, 2.05) is 4.68 Å². The van der Waals surface area contributed by atoms with Crippen LogP contribution < -0.4 is 5.32 Å². The minimum atomic E-state index is 0. The number of rotatable bonds is 6. The smallest absolute Gasteiger partial charge is 0.0830 e. The Balaban J connectivity index is 0.00000176. The first kappa shape index (κ1) is 16.9. The van der Waals surface area contributed by atoms with Crippen molar-refractivity contribution < 1.29 is 0 Å². The van der Waals surface area contributed by atoms with Crippen LogP contribution in [0.15, 0.2) is 36.5 Å². The Morgan fingerprint density at radius 3 is 2.55 bits per heavy atom. The summed E-state index contributed by atoms with van der Waals surface area (Å²) in [6.07, 6.45) is 4.07. The molecular formula is C16H24ClN5. The van der Waals surface area contributed by atoms with E-state index >= 15 is 0 Å². The summed E-state index contributed by atoms with van der Waals surface area (Å²) in [6, 6.07) is 10.5. The van der Waals surface area contributed by atoms with Crippen LogP contribution >= 0.6 is 12.4 Å². The third kappa shape index (κ3) is 5.09. The maximum Gasteiger partial charge on any atom is 0.0830 e. The van der Waals surface area contributed by atoms with Crippen molar-refractivity contribution in [3.8, 4) is 0 Å². The molecule has 2 aromatic rings. The zero-order valence-electron chi connectivity index (χ0n) is 12.8. The molecule has 0 unspecified atom stereocenters. The topological polar surface area (TPSA) is 46.0 Å². The van der Waals surface area contributed by atoms with E-state index < -0.39 is 0 Å². The number of hydrogen-bond acceptors (Lipinski definition) is 4. The molecule has 0 bridgehead atoms. The molecule has 0 radical (unpaired) electrons. The first-order valence-electron chi connectivity index (χ1n) is 7.76. The summed E-state index contributed by atoms with van der Waals surface area (Å²) in [5.74, 6) is 0. The van der Waals surface area contributed by atoms with Gasteiger partial charge in [-0.05, 0) is 18.4 Å². The van der Waals surface area contributed by atoms with Gasteiger partial charge >= 0.3 is 0 Å². The summed E-state index contributed by atoms with van der Waals surface area (Å²) in [7, 11) is 0. The maximum absolute atomic E-state index is 4.28. The van der Waals surface area contributed by atoms with Crippen LogP contribution in [0.1, 0.15) is 11.3 Å². The van der Waals surface area contributed by atoms with Gasteiger partial charge in [-0.15, -0.1) is 17.5 Å². The molecule has 0 spiro atoms. The molecule has 1 saturated heterocycles. The number of piperazine rings is 1. The monoisotopic (exact) mass is 321 g/mol. The Morgan fingerprint density at radius 1 is 1.00 bits per heavy atom. The molecule has 0 atom stereocenters. The molecule has 1 aromatic carbocycles. The van der Waals surface area contributed by atoms with Crippen molar-refractivity contribution in [3.05, 3.63) is 47.8 Å². The first-order valence-corrected chi connectivity index (χ1v) is 7.76. The van der Waals surface area contributed by atoms with Gasteiger partial charge in [-0.1, -0.05) is 35.5 Å². The molecule has 5 nitrogen and oxygen atoms in total. The van der Waals surface area contributed by atoms with Crippen LogP contribution in [0.3, 0.4) is 0 Å². The van der Waals surface area contributed by atoms with Crippen LogP contribution in [0.4, 0.5) is 0 Å². The largest absolute Gasteiger partial charge is 0.314 e. The molecule has 6 heteroatoms. The molecule has 120 valence electrons. The second-order valence-electron chi connectivity index (χ2n) is 5.55. The van der Waals surface area contributed by atoms with Crippen LogP contribution in [0.5, 0.6) is 0 Å². The average molecular weight is 322 g/mol. The third-order valence-electron chi connectivity index (χ3n) is 3.95. The van der Waals surface area contributed by atoms with Crippen molar-refractivity contribution in [2.45, 2.75) is 19.4 Å². The highest BCUT2D eigenvalue weighted by Crippen LogP contribution is 2.04. The lowest BCUT2D eigenvalue weighted by Crippen LogP contribution is -2.44. The van der Waals surface area contributed by atoms with Crippen LogP contribution in [0.25, 0.3) is 0 Å². The van der Waals surface area contributed by atoms with Crippen molar-refractivity contribution in [2.24, 2.45) is 0 Å². The average Bonchev–Trinajstić information content (AvgIpc) is 3.01. The van der Waals surface area contributed by atoms with Crippen molar-refractivity contribution in [3.63, 3.8) is 0 Å². The van der Waals surface area contributed by atoms with Crippen LogP contribution in [0, 0.1) is 0 Å². The molecule has 1 aliphatic rings. The Bertz CT molecular complexity index is 536. The Labute approximate surface area is 138 Å². The summed E-state index contributed by atoms with van der Waals surface area (Å²) in [6.45, 7) is 6.45. The standard InChI is InChI=1S/C16H23N5.ClH/c1-2-4-15(5-3-1)6-7-16-14-21(19-18-16)13-12-20-10-8-17-9-11-20;/h1-5,14,17H,6-13H2;1H. The van der Waals surface area contributed by atoms with Gasteiger partial charge in [-0.3, -0.25) is 9.58 Å². The van der Waals surface area contributed by atoms with E-state index in [1.165, 1.54) is 5.56 Å². The lowest BCUT2D eigenvalue weighted by molar-refractivity contribution is 0.228. The highest BCUT2D eigenvalue weighted by molar-refractivity contribution is 5.85. The molecule has 22 heavy (non-hydrogen) atoms. The van der Waals surface area contributed by atoms with E-state index in [2.05, 4.69) is 57.1 Å². The highest BCUT2D eigenvalue weighted by atomic mass is 35.5. The summed E-state index contributed by atoms with van der Waals surface area (Å²) < 4.78 is 1.97. The highest BCUT2D eigenvalue weighted by Gasteiger charge is 2.09. The SMILES string of the molecule is Cl.c1ccc(CCc2cn(CCN3CCNCC3)nn2)cc1. The molecule has 0 aliphatic carbocycles. The van der Waals surface area contributed by atoms with Crippen LogP contribution in [-0.4, -0.2) is 52.6 Å². The van der Waals surface area contributed by atoms with E-state index in [0.717, 1.165) is 57.8 Å². The summed E-state index contributed by atoms with van der Waals surface area (Å²) in [5.41, 5.74) is 2.44. The summed E-state index contributed by atoms with van der Waals surface area (Å²) in [4.78, 5) is 2.47. The molecule has 1 N–H and O–H groups in total. The van der Waals surface area contributed by atoms with Gasteiger partial charge in [0.25, 0.3) is 0 Å². The van der Waals surface area contributed by atoms with Gasteiger partial charge in [0.2, 0.25) is 0 Å². The number of benzene rings is 1. The second kappa shape index (κ2) is 8.88. The summed E-state index contributed by atoms with van der Waals surface area (Å²) in [5, 5.41) is 11.9. The third-order valence-corrected chi connectivity index (χ3v) is 3.95. The zero-order chi connectivity index (χ0) is 14.3. The lowest BCUT2D eigenvalue weighted by Gasteiger charge is -2.26. The Morgan fingerprint density at radius 2 is 1.77 bits per heavy atom. The molecule has 0 amide bonds. The number of aromatic nitrogens is 3. The molecule has 1 fully saturated rings. The fourth-order valence-corrected chi connectivity index (χ4v) is 2.66. The molecule has 1 aromatic heterocycles. The van der Waals surface area contributed by atoms with Crippen molar-refractivity contribution >= 4 is 12.4 Å². The first-order chi connectivity index (χ1) is 10.4. The van der Waals surface area contributed by atoms with Gasteiger partial charge in [0.05, 0.1) is 12.2 Å². The van der Waals surface area contributed by atoms with Crippen molar-refractivity contribution in [2.75, 3.05) is 32.7 Å². The number of halogens is 1. The zero-order valence-corrected chi connectivity index (χ0v) is 13.6. The molecule has 3 rings (SSSR count). The second-order valence-corrected chi connectivity index (χ2v) is 5.55. The number of nitrogens with zero attached hydrogens (tertiary/aromatic N) is 4. The van der Waals surface area contributed by atoms with Crippen LogP contribution in [-0.2, 0) is 19.4 Å². The van der Waals surface area contributed by atoms with Gasteiger partial charge < -0.3 is 5.32 Å². The van der Waals surface area contributed by atoms with Gasteiger partial charge in [-0.2, -0.15) is 0 Å². The Kier molecular flexibility index (Phi) is 6.83. The number of hydrogen-bond donors (Lipinski definition) is 1. The molecule has 1 aliphatic heterocycles. The van der Waals surface area contributed by atoms with Crippen LogP contribution in [0.2, 0.25) is 0 Å². The van der Waals surface area contributed by atoms with Crippen molar-refractivity contribution in [1.82, 2.24) is 25.2 Å².